The van der Waals surface area contributed by atoms with Gasteiger partial charge in [-0.15, -0.1) is 0 Å². The van der Waals surface area contributed by atoms with Crippen LogP contribution in [0.15, 0.2) is 0 Å². The zero-order valence-electron chi connectivity index (χ0n) is 9.91. The summed E-state index contributed by atoms with van der Waals surface area (Å²) in [6.07, 6.45) is 1.99. The van der Waals surface area contributed by atoms with Crippen LogP contribution >= 0.6 is 0 Å². The molecule has 3 heteroatoms. The number of aliphatic hydroxyl groups is 1. The maximum atomic E-state index is 9.60. The molecule has 0 bridgehead atoms. The molecule has 0 atom stereocenters. The van der Waals surface area contributed by atoms with E-state index in [4.69, 9.17) is 4.74 Å². The van der Waals surface area contributed by atoms with E-state index in [1.807, 2.05) is 0 Å². The average molecular weight is 213 g/mol. The fourth-order valence-corrected chi connectivity index (χ4v) is 2.65. The van der Waals surface area contributed by atoms with Gasteiger partial charge in [-0.25, -0.2) is 0 Å². The minimum Gasteiger partial charge on any atom is -0.394 e. The van der Waals surface area contributed by atoms with E-state index in [0.29, 0.717) is 6.61 Å². The monoisotopic (exact) mass is 213 g/mol. The van der Waals surface area contributed by atoms with Crippen molar-refractivity contribution in [3.8, 4) is 0 Å². The van der Waals surface area contributed by atoms with Crippen LogP contribution in [0.3, 0.4) is 0 Å². The average Bonchev–Trinajstić information content (AvgIpc) is 2.16. The Kier molecular flexibility index (Phi) is 3.33. The van der Waals surface area contributed by atoms with Crippen molar-refractivity contribution in [1.82, 2.24) is 4.90 Å². The molecule has 0 aromatic rings. The summed E-state index contributed by atoms with van der Waals surface area (Å²) in [6, 6.07) is 0. The third-order valence-electron chi connectivity index (χ3n) is 4.24. The molecule has 0 aromatic heterocycles. The Bertz CT molecular complexity index is 206. The summed E-state index contributed by atoms with van der Waals surface area (Å²) in [5.74, 6) is 1.60. The first-order valence-electron chi connectivity index (χ1n) is 6.11. The van der Waals surface area contributed by atoms with Gasteiger partial charge in [0.25, 0.3) is 0 Å². The Morgan fingerprint density at radius 1 is 1.33 bits per heavy atom. The Labute approximate surface area is 92.4 Å². The molecule has 2 heterocycles. The quantitative estimate of drug-likeness (QED) is 0.762. The molecule has 0 amide bonds. The molecule has 2 rings (SSSR count). The number of nitrogens with zero attached hydrogens (tertiary/aromatic N) is 1. The van der Waals surface area contributed by atoms with E-state index in [1.165, 1.54) is 0 Å². The number of hydrogen-bond acceptors (Lipinski definition) is 3. The van der Waals surface area contributed by atoms with Crippen LogP contribution in [0, 0.1) is 11.8 Å². The first-order chi connectivity index (χ1) is 7.18. The van der Waals surface area contributed by atoms with Crippen LogP contribution in [0.5, 0.6) is 0 Å². The van der Waals surface area contributed by atoms with Gasteiger partial charge in [-0.3, -0.25) is 4.90 Å². The van der Waals surface area contributed by atoms with E-state index in [0.717, 1.165) is 51.0 Å². The van der Waals surface area contributed by atoms with E-state index in [1.54, 1.807) is 0 Å². The molecule has 2 saturated heterocycles. The van der Waals surface area contributed by atoms with Crippen LogP contribution in [0.25, 0.3) is 0 Å². The van der Waals surface area contributed by atoms with Crippen LogP contribution in [-0.4, -0.2) is 48.5 Å². The van der Waals surface area contributed by atoms with Gasteiger partial charge in [0.15, 0.2) is 0 Å². The van der Waals surface area contributed by atoms with Crippen LogP contribution in [0.4, 0.5) is 0 Å². The van der Waals surface area contributed by atoms with Crippen LogP contribution in [-0.2, 0) is 4.74 Å². The molecule has 2 aliphatic rings. The fraction of sp³-hybridized carbons (Fsp3) is 1.00. The third kappa shape index (κ3) is 2.05. The van der Waals surface area contributed by atoms with Gasteiger partial charge in [0.1, 0.15) is 0 Å². The van der Waals surface area contributed by atoms with Crippen molar-refractivity contribution in [1.29, 1.82) is 0 Å². The lowest BCUT2D eigenvalue weighted by Gasteiger charge is -2.54. The smallest absolute Gasteiger partial charge is 0.0617 e. The highest BCUT2D eigenvalue weighted by Gasteiger charge is 2.44. The topological polar surface area (TPSA) is 32.7 Å². The molecular weight excluding hydrogens is 190 g/mol. The molecule has 0 aliphatic carbocycles. The molecule has 1 N–H and O–H groups in total. The van der Waals surface area contributed by atoms with Gasteiger partial charge in [-0.2, -0.15) is 0 Å². The Hall–Kier alpha value is -0.120. The Balaban J connectivity index is 1.91. The summed E-state index contributed by atoms with van der Waals surface area (Å²) >= 11 is 0. The predicted octanol–water partition coefficient (Wildman–Crippen LogP) is 1.12. The number of rotatable bonds is 3. The van der Waals surface area contributed by atoms with Gasteiger partial charge in [-0.05, 0) is 24.7 Å². The largest absolute Gasteiger partial charge is 0.394 e. The summed E-state index contributed by atoms with van der Waals surface area (Å²) in [5, 5.41) is 9.60. The summed E-state index contributed by atoms with van der Waals surface area (Å²) in [5.41, 5.74) is 0.0453. The van der Waals surface area contributed by atoms with E-state index in [-0.39, 0.29) is 5.54 Å². The summed E-state index contributed by atoms with van der Waals surface area (Å²) in [7, 11) is 0. The van der Waals surface area contributed by atoms with Crippen LogP contribution in [0.1, 0.15) is 26.7 Å². The Morgan fingerprint density at radius 2 is 1.93 bits per heavy atom. The highest BCUT2D eigenvalue weighted by Crippen LogP contribution is 2.35. The van der Waals surface area contributed by atoms with E-state index in [9.17, 15) is 5.11 Å². The van der Waals surface area contributed by atoms with Crippen molar-refractivity contribution in [3.63, 3.8) is 0 Å². The molecule has 15 heavy (non-hydrogen) atoms. The van der Waals surface area contributed by atoms with Gasteiger partial charge in [0.2, 0.25) is 0 Å². The van der Waals surface area contributed by atoms with Crippen molar-refractivity contribution in [2.45, 2.75) is 32.2 Å². The number of hydrogen-bond donors (Lipinski definition) is 1. The lowest BCUT2D eigenvalue weighted by atomic mass is 9.80. The van der Waals surface area contributed by atoms with Crippen molar-refractivity contribution in [3.05, 3.63) is 0 Å². The maximum absolute atomic E-state index is 9.60. The van der Waals surface area contributed by atoms with Gasteiger partial charge in [-0.1, -0.05) is 13.8 Å². The lowest BCUT2D eigenvalue weighted by Crippen LogP contribution is -2.64. The summed E-state index contributed by atoms with van der Waals surface area (Å²) < 4.78 is 5.38. The molecular formula is C12H23NO2. The second kappa shape index (κ2) is 4.40. The normalized spacial score (nSPS) is 28.0. The van der Waals surface area contributed by atoms with E-state index >= 15 is 0 Å². The predicted molar refractivity (Wildman–Crippen MR) is 59.8 cm³/mol. The maximum Gasteiger partial charge on any atom is 0.0617 e. The lowest BCUT2D eigenvalue weighted by molar-refractivity contribution is -0.108. The molecule has 88 valence electrons. The molecule has 0 unspecified atom stereocenters. The molecule has 2 fully saturated rings. The standard InChI is InChI=1S/C12H23NO2/c1-10(2)11-7-13(8-11)12(9-14)3-5-15-6-4-12/h10-11,14H,3-9H2,1-2H3. The van der Waals surface area contributed by atoms with E-state index in [2.05, 4.69) is 18.7 Å². The first-order valence-corrected chi connectivity index (χ1v) is 6.11. The number of likely N-dealkylation sites (tertiary alicyclic amines) is 1. The second-order valence-corrected chi connectivity index (χ2v) is 5.40. The van der Waals surface area contributed by atoms with Crippen molar-refractivity contribution in [2.24, 2.45) is 11.8 Å². The summed E-state index contributed by atoms with van der Waals surface area (Å²) in [6.45, 7) is 8.82. The highest BCUT2D eigenvalue weighted by molar-refractivity contribution is 4.98. The fourth-order valence-electron chi connectivity index (χ4n) is 2.65. The van der Waals surface area contributed by atoms with Gasteiger partial charge < -0.3 is 9.84 Å². The van der Waals surface area contributed by atoms with Gasteiger partial charge in [0.05, 0.1) is 6.61 Å². The molecule has 2 aliphatic heterocycles. The van der Waals surface area contributed by atoms with Gasteiger partial charge >= 0.3 is 0 Å². The molecule has 0 aromatic carbocycles. The van der Waals surface area contributed by atoms with Crippen LogP contribution in [0.2, 0.25) is 0 Å². The molecule has 0 saturated carbocycles. The number of ether oxygens (including phenoxy) is 1. The van der Waals surface area contributed by atoms with Crippen LogP contribution < -0.4 is 0 Å². The number of aliphatic hydroxyl groups excluding tert-OH is 1. The summed E-state index contributed by atoms with van der Waals surface area (Å²) in [4.78, 5) is 2.47. The third-order valence-corrected chi connectivity index (χ3v) is 4.24. The van der Waals surface area contributed by atoms with Gasteiger partial charge in [0, 0.05) is 31.8 Å². The Morgan fingerprint density at radius 3 is 2.40 bits per heavy atom. The van der Waals surface area contributed by atoms with Crippen molar-refractivity contribution in [2.75, 3.05) is 32.9 Å². The van der Waals surface area contributed by atoms with Crippen molar-refractivity contribution < 1.29 is 9.84 Å². The second-order valence-electron chi connectivity index (χ2n) is 5.40. The molecule has 3 nitrogen and oxygen atoms in total. The minimum atomic E-state index is 0.0453. The van der Waals surface area contributed by atoms with E-state index < -0.39 is 0 Å². The zero-order valence-corrected chi connectivity index (χ0v) is 9.91. The first kappa shape index (κ1) is 11.4. The molecule has 0 spiro atoms. The molecule has 0 radical (unpaired) electrons. The zero-order chi connectivity index (χ0) is 10.9. The SMILES string of the molecule is CC(C)C1CN(C2(CO)CCOCC2)C1. The highest BCUT2D eigenvalue weighted by atomic mass is 16.5. The van der Waals surface area contributed by atoms with Crippen molar-refractivity contribution >= 4 is 0 Å². The minimum absolute atomic E-state index is 0.0453.